The van der Waals surface area contributed by atoms with Crippen LogP contribution in [0.1, 0.15) is 113 Å². The van der Waals surface area contributed by atoms with Crippen LogP contribution >= 0.6 is 11.8 Å². The van der Waals surface area contributed by atoms with Gasteiger partial charge in [-0.25, -0.2) is 9.97 Å². The number of allylic oxidation sites excluding steroid dienone is 2. The minimum Gasteiger partial charge on any atom is -0.414 e. The highest BCUT2D eigenvalue weighted by molar-refractivity contribution is 7.99. The molecule has 0 aliphatic heterocycles. The third-order valence-corrected chi connectivity index (χ3v) is 24.1. The first kappa shape index (κ1) is 34.8. The van der Waals surface area contributed by atoms with Crippen LogP contribution in [0.25, 0.3) is 0 Å². The molecule has 4 aliphatic rings. The Bertz CT molecular complexity index is 1210. The van der Waals surface area contributed by atoms with Crippen molar-refractivity contribution in [2.75, 3.05) is 5.75 Å². The Morgan fingerprint density at radius 1 is 0.864 bits per heavy atom. The Kier molecular flexibility index (Phi) is 9.42. The molecule has 1 aromatic rings. The molecule has 0 N–H and O–H groups in total. The van der Waals surface area contributed by atoms with Crippen LogP contribution < -0.4 is 0 Å². The van der Waals surface area contributed by atoms with E-state index in [1.165, 1.54) is 57.8 Å². The Balaban J connectivity index is 1.43. The first-order valence-corrected chi connectivity index (χ1v) is 24.5. The highest BCUT2D eigenvalue weighted by atomic mass is 32.2. The SMILES string of the molecule is CC(C)(C)[Si](C)(C)OC1CC[C@]2(C)C3=CC[C@]4(C)C(O[Si](C)(C)C(C)(C)C)CC[C@H]4[C@@H]3CCC2(CCSc2ncccn2)C1. The molecule has 0 spiro atoms. The maximum atomic E-state index is 7.23. The van der Waals surface area contributed by atoms with E-state index in [1.807, 2.05) is 35.8 Å². The molecule has 0 radical (unpaired) electrons. The predicted molar refractivity (Wildman–Crippen MR) is 192 cm³/mol. The molecule has 7 atom stereocenters. The average Bonchev–Trinajstić information content (AvgIpc) is 3.24. The smallest absolute Gasteiger partial charge is 0.192 e. The van der Waals surface area contributed by atoms with Gasteiger partial charge in [0.05, 0.1) is 6.10 Å². The summed E-state index contributed by atoms with van der Waals surface area (Å²) in [7, 11) is -3.66. The van der Waals surface area contributed by atoms with Gasteiger partial charge in [0.2, 0.25) is 0 Å². The van der Waals surface area contributed by atoms with E-state index >= 15 is 0 Å². The molecule has 3 saturated carbocycles. The standard InChI is InChI=1S/C37H64N2O2SSi2/c1-33(2,3)43(9,10)40-27-16-20-36(8)30-18-19-35(7)29(14-15-31(35)41-44(11,12)34(4,5)6)28(30)17-21-37(36,26-27)22-25-42-32-38-23-13-24-39-32/h13,18,23-24,27-29,31H,14-17,19-22,25-26H2,1-12H3/t27?,28-,29-,31?,35-,36+,37?/m0/s1. The van der Waals surface area contributed by atoms with Gasteiger partial charge in [0, 0.05) is 24.3 Å². The molecule has 4 aliphatic carbocycles. The van der Waals surface area contributed by atoms with E-state index in [2.05, 4.69) is 97.6 Å². The fraction of sp³-hybridized carbons (Fsp3) is 0.838. The number of rotatable bonds is 8. The van der Waals surface area contributed by atoms with E-state index in [0.29, 0.717) is 18.1 Å². The summed E-state index contributed by atoms with van der Waals surface area (Å²) in [5.74, 6) is 2.54. The van der Waals surface area contributed by atoms with Gasteiger partial charge in [-0.05, 0) is 128 Å². The molecule has 7 heteroatoms. The van der Waals surface area contributed by atoms with Crippen molar-refractivity contribution in [1.29, 1.82) is 0 Å². The Morgan fingerprint density at radius 3 is 2.14 bits per heavy atom. The number of nitrogens with zero attached hydrogens (tertiary/aromatic N) is 2. The number of aromatic nitrogens is 2. The van der Waals surface area contributed by atoms with Gasteiger partial charge in [0.1, 0.15) is 0 Å². The molecule has 4 nitrogen and oxygen atoms in total. The first-order valence-electron chi connectivity index (χ1n) is 17.7. The van der Waals surface area contributed by atoms with E-state index in [1.54, 1.807) is 0 Å². The van der Waals surface area contributed by atoms with Gasteiger partial charge in [0.25, 0.3) is 0 Å². The molecule has 248 valence electrons. The summed E-state index contributed by atoms with van der Waals surface area (Å²) in [5, 5.41) is 1.40. The molecular weight excluding hydrogens is 593 g/mol. The highest BCUT2D eigenvalue weighted by Gasteiger charge is 2.63. The quantitative estimate of drug-likeness (QED) is 0.121. The second-order valence-corrected chi connectivity index (χ2v) is 29.1. The summed E-state index contributed by atoms with van der Waals surface area (Å²) in [4.78, 5) is 9.08. The van der Waals surface area contributed by atoms with Gasteiger partial charge in [-0.2, -0.15) is 0 Å². The summed E-state index contributed by atoms with van der Waals surface area (Å²) in [6.07, 6.45) is 18.6. The molecule has 0 bridgehead atoms. The van der Waals surface area contributed by atoms with Crippen LogP contribution in [0.3, 0.4) is 0 Å². The summed E-state index contributed by atoms with van der Waals surface area (Å²) in [6, 6.07) is 1.92. The third kappa shape index (κ3) is 6.12. The fourth-order valence-corrected chi connectivity index (χ4v) is 13.0. The van der Waals surface area contributed by atoms with E-state index in [0.717, 1.165) is 16.8 Å². The summed E-state index contributed by atoms with van der Waals surface area (Å²) >= 11 is 1.85. The second-order valence-electron chi connectivity index (χ2n) is 18.6. The first-order chi connectivity index (χ1) is 20.2. The Labute approximate surface area is 277 Å². The minimum absolute atomic E-state index is 0.237. The van der Waals surface area contributed by atoms with Crippen molar-refractivity contribution in [2.24, 2.45) is 28.1 Å². The predicted octanol–water partition coefficient (Wildman–Crippen LogP) is 11.1. The van der Waals surface area contributed by atoms with Crippen LogP contribution in [0.15, 0.2) is 35.3 Å². The number of hydrogen-bond donors (Lipinski definition) is 0. The van der Waals surface area contributed by atoms with Gasteiger partial charge in [-0.1, -0.05) is 78.8 Å². The molecule has 1 aromatic heterocycles. The Hall–Kier alpha value is -0.476. The van der Waals surface area contributed by atoms with Gasteiger partial charge in [-0.15, -0.1) is 0 Å². The Morgan fingerprint density at radius 2 is 1.50 bits per heavy atom. The maximum Gasteiger partial charge on any atom is 0.192 e. The van der Waals surface area contributed by atoms with Gasteiger partial charge in [0.15, 0.2) is 21.8 Å². The van der Waals surface area contributed by atoms with Gasteiger partial charge >= 0.3 is 0 Å². The molecule has 0 saturated heterocycles. The van der Waals surface area contributed by atoms with Gasteiger partial charge < -0.3 is 8.85 Å². The van der Waals surface area contributed by atoms with E-state index in [-0.39, 0.29) is 26.3 Å². The van der Waals surface area contributed by atoms with E-state index in [4.69, 9.17) is 8.85 Å². The second kappa shape index (κ2) is 11.9. The van der Waals surface area contributed by atoms with Crippen LogP contribution in [-0.2, 0) is 8.85 Å². The van der Waals surface area contributed by atoms with Gasteiger partial charge in [-0.3, -0.25) is 0 Å². The van der Waals surface area contributed by atoms with E-state index in [9.17, 15) is 0 Å². The molecule has 3 fully saturated rings. The zero-order chi connectivity index (χ0) is 32.4. The topological polar surface area (TPSA) is 44.2 Å². The fourth-order valence-electron chi connectivity index (χ4n) is 9.22. The van der Waals surface area contributed by atoms with Crippen molar-refractivity contribution in [2.45, 2.75) is 167 Å². The number of thioether (sulfide) groups is 1. The van der Waals surface area contributed by atoms with Crippen molar-refractivity contribution < 1.29 is 8.85 Å². The molecule has 3 unspecified atom stereocenters. The monoisotopic (exact) mass is 656 g/mol. The number of fused-ring (bicyclic) bond motifs is 5. The molecule has 0 amide bonds. The van der Waals surface area contributed by atoms with Crippen molar-refractivity contribution in [3.05, 3.63) is 30.1 Å². The van der Waals surface area contributed by atoms with Crippen LogP contribution in [0.5, 0.6) is 0 Å². The van der Waals surface area contributed by atoms with Crippen LogP contribution in [0.2, 0.25) is 36.3 Å². The van der Waals surface area contributed by atoms with Crippen molar-refractivity contribution in [1.82, 2.24) is 9.97 Å². The zero-order valence-electron chi connectivity index (χ0n) is 30.3. The lowest BCUT2D eigenvalue weighted by Crippen LogP contribution is -2.57. The lowest BCUT2D eigenvalue weighted by atomic mass is 9.42. The van der Waals surface area contributed by atoms with Crippen LogP contribution in [0.4, 0.5) is 0 Å². The summed E-state index contributed by atoms with van der Waals surface area (Å²) in [6.45, 7) is 29.4. The summed E-state index contributed by atoms with van der Waals surface area (Å²) < 4.78 is 14.4. The lowest BCUT2D eigenvalue weighted by molar-refractivity contribution is -0.0828. The number of hydrogen-bond acceptors (Lipinski definition) is 5. The maximum absolute atomic E-state index is 7.23. The molecule has 5 rings (SSSR count). The highest BCUT2D eigenvalue weighted by Crippen LogP contribution is 2.70. The third-order valence-electron chi connectivity index (χ3n) is 14.2. The summed E-state index contributed by atoms with van der Waals surface area (Å²) in [5.41, 5.74) is 2.60. The lowest BCUT2D eigenvalue weighted by Gasteiger charge is -2.63. The van der Waals surface area contributed by atoms with Crippen LogP contribution in [0, 0.1) is 28.1 Å². The van der Waals surface area contributed by atoms with E-state index < -0.39 is 16.6 Å². The molecule has 44 heavy (non-hydrogen) atoms. The van der Waals surface area contributed by atoms with Crippen molar-refractivity contribution >= 4 is 28.4 Å². The zero-order valence-corrected chi connectivity index (χ0v) is 33.1. The largest absolute Gasteiger partial charge is 0.414 e. The van der Waals surface area contributed by atoms with Crippen molar-refractivity contribution in [3.8, 4) is 0 Å². The van der Waals surface area contributed by atoms with Crippen LogP contribution in [-0.4, -0.2) is 44.6 Å². The normalized spacial score (nSPS) is 36.3. The molecule has 1 heterocycles. The molecular formula is C37H64N2O2SSi2. The van der Waals surface area contributed by atoms with Crippen molar-refractivity contribution in [3.63, 3.8) is 0 Å². The molecule has 0 aromatic carbocycles. The minimum atomic E-state index is -1.84. The average molecular weight is 657 g/mol.